The molecule has 4 rings (SSSR count). The Hall–Kier alpha value is -2.32. The minimum Gasteiger partial charge on any atom is -0.324 e. The Bertz CT molecular complexity index is 1080. The van der Waals surface area contributed by atoms with Gasteiger partial charge in [0.1, 0.15) is 11.6 Å². The molecule has 3 aromatic rings. The molecule has 0 aliphatic carbocycles. The van der Waals surface area contributed by atoms with Crippen LogP contribution in [0.3, 0.4) is 0 Å². The van der Waals surface area contributed by atoms with E-state index >= 15 is 0 Å². The molecule has 0 N–H and O–H groups in total. The molecular weight excluding hydrogens is 367 g/mol. The highest BCUT2D eigenvalue weighted by molar-refractivity contribution is 7.89. The number of hydrogen-bond acceptors (Lipinski definition) is 4. The lowest BCUT2D eigenvalue weighted by atomic mass is 10.1. The lowest BCUT2D eigenvalue weighted by molar-refractivity contribution is 0.466. The zero-order valence-electron chi connectivity index (χ0n) is 15.2. The van der Waals surface area contributed by atoms with Crippen molar-refractivity contribution in [2.45, 2.75) is 37.1 Å². The van der Waals surface area contributed by atoms with Gasteiger partial charge in [0.2, 0.25) is 10.0 Å². The van der Waals surface area contributed by atoms with Crippen molar-refractivity contribution in [3.05, 3.63) is 54.4 Å². The third-order valence-corrected chi connectivity index (χ3v) is 6.88. The summed E-state index contributed by atoms with van der Waals surface area (Å²) in [6, 6.07) is 7.04. The topological polar surface area (TPSA) is 68.1 Å². The van der Waals surface area contributed by atoms with Crippen molar-refractivity contribution < 1.29 is 12.8 Å². The molecule has 0 bridgehead atoms. The van der Waals surface area contributed by atoms with Gasteiger partial charge in [0, 0.05) is 31.2 Å². The summed E-state index contributed by atoms with van der Waals surface area (Å²) >= 11 is 0. The van der Waals surface area contributed by atoms with Crippen molar-refractivity contribution in [1.29, 1.82) is 0 Å². The van der Waals surface area contributed by atoms with E-state index in [0.29, 0.717) is 19.5 Å². The molecule has 3 heterocycles. The van der Waals surface area contributed by atoms with E-state index in [9.17, 15) is 12.8 Å². The molecule has 27 heavy (non-hydrogen) atoms. The highest BCUT2D eigenvalue weighted by atomic mass is 32.2. The Morgan fingerprint density at radius 2 is 1.93 bits per heavy atom. The number of aromatic nitrogens is 3. The van der Waals surface area contributed by atoms with Crippen LogP contribution in [0.2, 0.25) is 0 Å². The van der Waals surface area contributed by atoms with E-state index in [4.69, 9.17) is 4.98 Å². The van der Waals surface area contributed by atoms with Crippen molar-refractivity contribution >= 4 is 21.1 Å². The largest absolute Gasteiger partial charge is 0.324 e. The number of fused-ring (bicyclic) bond motifs is 1. The molecule has 0 spiro atoms. The minimum atomic E-state index is -3.64. The lowest BCUT2D eigenvalue weighted by Crippen LogP contribution is -2.29. The molecule has 0 radical (unpaired) electrons. The first-order valence-electron chi connectivity index (χ1n) is 8.95. The fraction of sp³-hybridized carbons (Fsp3) is 0.368. The van der Waals surface area contributed by atoms with Gasteiger partial charge in [-0.25, -0.2) is 17.8 Å². The molecule has 142 valence electrons. The predicted octanol–water partition coefficient (Wildman–Crippen LogP) is 3.33. The molecule has 1 aliphatic rings. The second-order valence-electron chi connectivity index (χ2n) is 7.10. The Balaban J connectivity index is 1.66. The quantitative estimate of drug-likeness (QED) is 0.688. The van der Waals surface area contributed by atoms with Gasteiger partial charge in [-0.05, 0) is 50.6 Å². The lowest BCUT2D eigenvalue weighted by Gasteiger charge is -2.18. The van der Waals surface area contributed by atoms with Gasteiger partial charge in [-0.2, -0.15) is 4.31 Å². The number of rotatable bonds is 4. The zero-order chi connectivity index (χ0) is 19.2. The molecule has 1 atom stereocenters. The molecular formula is C19H21FN4O2S. The first-order valence-corrected chi connectivity index (χ1v) is 10.4. The van der Waals surface area contributed by atoms with E-state index in [2.05, 4.69) is 23.4 Å². The maximum Gasteiger partial charge on any atom is 0.243 e. The summed E-state index contributed by atoms with van der Waals surface area (Å²) in [5.74, 6) is 0.451. The van der Waals surface area contributed by atoms with Crippen LogP contribution in [0.1, 0.15) is 38.1 Å². The molecule has 1 aliphatic heterocycles. The van der Waals surface area contributed by atoms with Crippen molar-refractivity contribution in [2.24, 2.45) is 0 Å². The van der Waals surface area contributed by atoms with E-state index < -0.39 is 15.8 Å². The predicted molar refractivity (Wildman–Crippen MR) is 100 cm³/mol. The molecule has 0 saturated carbocycles. The summed E-state index contributed by atoms with van der Waals surface area (Å²) in [5.41, 5.74) is 1.83. The van der Waals surface area contributed by atoms with E-state index in [1.54, 1.807) is 12.4 Å². The number of pyridine rings is 1. The minimum absolute atomic E-state index is 0.00928. The van der Waals surface area contributed by atoms with Crippen LogP contribution in [-0.4, -0.2) is 40.3 Å². The first kappa shape index (κ1) is 18.1. The monoisotopic (exact) mass is 388 g/mol. The standard InChI is InChI=1S/C19H21FN4O2S/c1-13(2)24-18-11-21-9-7-17(18)22-19(24)14-8-10-23(12-14)27(25,26)16-5-3-15(20)4-6-16/h3-7,9,11,13-14H,8,10,12H2,1-2H3/t14-/m1/s1. The van der Waals surface area contributed by atoms with Crippen LogP contribution in [-0.2, 0) is 10.0 Å². The van der Waals surface area contributed by atoms with Gasteiger partial charge in [-0.15, -0.1) is 0 Å². The van der Waals surface area contributed by atoms with Crippen LogP contribution in [0.5, 0.6) is 0 Å². The van der Waals surface area contributed by atoms with Gasteiger partial charge in [-0.3, -0.25) is 4.98 Å². The maximum atomic E-state index is 13.1. The van der Waals surface area contributed by atoms with Gasteiger partial charge >= 0.3 is 0 Å². The van der Waals surface area contributed by atoms with E-state index in [0.717, 1.165) is 16.9 Å². The van der Waals surface area contributed by atoms with Gasteiger partial charge in [-0.1, -0.05) is 0 Å². The Morgan fingerprint density at radius 1 is 1.19 bits per heavy atom. The molecule has 0 unspecified atom stereocenters. The number of hydrogen-bond donors (Lipinski definition) is 0. The maximum absolute atomic E-state index is 13.1. The van der Waals surface area contributed by atoms with Gasteiger partial charge in [0.15, 0.2) is 0 Å². The molecule has 8 heteroatoms. The van der Waals surface area contributed by atoms with E-state index in [1.807, 2.05) is 6.07 Å². The third-order valence-electron chi connectivity index (χ3n) is 5.00. The van der Waals surface area contributed by atoms with E-state index in [1.165, 1.54) is 28.6 Å². The number of benzene rings is 1. The van der Waals surface area contributed by atoms with Crippen LogP contribution in [0.15, 0.2) is 47.6 Å². The third kappa shape index (κ3) is 3.12. The highest BCUT2D eigenvalue weighted by Gasteiger charge is 2.35. The molecule has 6 nitrogen and oxygen atoms in total. The fourth-order valence-corrected chi connectivity index (χ4v) is 5.20. The second-order valence-corrected chi connectivity index (χ2v) is 9.04. The van der Waals surface area contributed by atoms with Crippen LogP contribution in [0.4, 0.5) is 4.39 Å². The summed E-state index contributed by atoms with van der Waals surface area (Å²) in [5, 5.41) is 0. The van der Waals surface area contributed by atoms with Crippen molar-refractivity contribution in [3.8, 4) is 0 Å². The van der Waals surface area contributed by atoms with Crippen LogP contribution < -0.4 is 0 Å². The Kier molecular flexibility index (Phi) is 4.47. The van der Waals surface area contributed by atoms with Crippen LogP contribution in [0.25, 0.3) is 11.0 Å². The van der Waals surface area contributed by atoms with Crippen molar-refractivity contribution in [3.63, 3.8) is 0 Å². The average Bonchev–Trinajstić information content (AvgIpc) is 3.27. The van der Waals surface area contributed by atoms with E-state index in [-0.39, 0.29) is 16.9 Å². The number of imidazole rings is 1. The molecule has 1 aromatic carbocycles. The summed E-state index contributed by atoms with van der Waals surface area (Å²) in [4.78, 5) is 9.08. The summed E-state index contributed by atoms with van der Waals surface area (Å²) in [6.07, 6.45) is 4.21. The number of sulfonamides is 1. The molecule has 1 saturated heterocycles. The Labute approximate surface area is 157 Å². The average molecular weight is 388 g/mol. The van der Waals surface area contributed by atoms with Gasteiger partial charge in [0.05, 0.1) is 22.1 Å². The van der Waals surface area contributed by atoms with Gasteiger partial charge in [0.25, 0.3) is 0 Å². The highest BCUT2D eigenvalue weighted by Crippen LogP contribution is 2.33. The number of nitrogens with zero attached hydrogens (tertiary/aromatic N) is 4. The molecule has 0 amide bonds. The Morgan fingerprint density at radius 3 is 2.63 bits per heavy atom. The normalized spacial score (nSPS) is 18.6. The SMILES string of the molecule is CC(C)n1c([C@@H]2CCN(S(=O)(=O)c3ccc(F)cc3)C2)nc2ccncc21. The smallest absolute Gasteiger partial charge is 0.243 e. The van der Waals surface area contributed by atoms with Crippen molar-refractivity contribution in [2.75, 3.05) is 13.1 Å². The van der Waals surface area contributed by atoms with Gasteiger partial charge < -0.3 is 4.57 Å². The number of halogens is 1. The zero-order valence-corrected chi connectivity index (χ0v) is 16.0. The summed E-state index contributed by atoms with van der Waals surface area (Å²) < 4.78 is 42.5. The second kappa shape index (κ2) is 6.69. The first-order chi connectivity index (χ1) is 12.9. The van der Waals surface area contributed by atoms with Crippen molar-refractivity contribution in [1.82, 2.24) is 18.8 Å². The fourth-order valence-electron chi connectivity index (χ4n) is 3.70. The van der Waals surface area contributed by atoms with Crippen LogP contribution >= 0.6 is 0 Å². The molecule has 2 aromatic heterocycles. The van der Waals surface area contributed by atoms with Crippen LogP contribution in [0, 0.1) is 5.82 Å². The summed E-state index contributed by atoms with van der Waals surface area (Å²) in [7, 11) is -3.64. The molecule has 1 fully saturated rings. The summed E-state index contributed by atoms with van der Waals surface area (Å²) in [6.45, 7) is 4.95.